The monoisotopic (exact) mass is 336 g/mol. The van der Waals surface area contributed by atoms with Gasteiger partial charge in [0.2, 0.25) is 0 Å². The number of carbonyl (C=O) groups excluding carboxylic acids is 1. The topological polar surface area (TPSA) is 47.6 Å². The van der Waals surface area contributed by atoms with E-state index in [4.69, 9.17) is 11.6 Å². The fourth-order valence-electron chi connectivity index (χ4n) is 3.33. The first-order chi connectivity index (χ1) is 11.0. The molecule has 3 rings (SSSR count). The van der Waals surface area contributed by atoms with Crippen LogP contribution < -0.4 is 10.6 Å². The standard InChI is InChI=1S/C17H25ClN4O/c1-21(2)17(23)15-4-3-12(9-16(15)18)20-13-10-22(11-13)14-5-7-19-8-6-14/h3-4,9,13-14,19-20H,5-8,10-11H2,1-2H3. The molecule has 126 valence electrons. The molecule has 0 saturated carbocycles. The van der Waals surface area contributed by atoms with E-state index in [0.29, 0.717) is 16.6 Å². The highest BCUT2D eigenvalue weighted by Crippen LogP contribution is 2.25. The Morgan fingerprint density at radius 1 is 1.30 bits per heavy atom. The summed E-state index contributed by atoms with van der Waals surface area (Å²) in [5, 5.41) is 7.43. The number of hydrogen-bond acceptors (Lipinski definition) is 4. The molecule has 2 N–H and O–H groups in total. The molecule has 0 spiro atoms. The quantitative estimate of drug-likeness (QED) is 0.881. The summed E-state index contributed by atoms with van der Waals surface area (Å²) in [5.74, 6) is -0.0673. The third-order valence-electron chi connectivity index (χ3n) is 4.71. The summed E-state index contributed by atoms with van der Waals surface area (Å²) in [6, 6.07) is 6.80. The van der Waals surface area contributed by atoms with Gasteiger partial charge in [0.05, 0.1) is 16.6 Å². The predicted molar refractivity (Wildman–Crippen MR) is 94.3 cm³/mol. The molecule has 1 aromatic rings. The van der Waals surface area contributed by atoms with Crippen LogP contribution in [0.15, 0.2) is 18.2 Å². The molecule has 0 bridgehead atoms. The van der Waals surface area contributed by atoms with Crippen molar-refractivity contribution in [1.29, 1.82) is 0 Å². The smallest absolute Gasteiger partial charge is 0.254 e. The Morgan fingerprint density at radius 2 is 2.00 bits per heavy atom. The normalized spacial score (nSPS) is 20.1. The Labute approximate surface area is 143 Å². The van der Waals surface area contributed by atoms with Gasteiger partial charge in [-0.05, 0) is 44.1 Å². The van der Waals surface area contributed by atoms with Crippen LogP contribution in [-0.4, -0.2) is 68.1 Å². The Kier molecular flexibility index (Phi) is 5.09. The molecule has 1 amide bonds. The average molecular weight is 337 g/mol. The molecule has 2 heterocycles. The lowest BCUT2D eigenvalue weighted by Crippen LogP contribution is -2.60. The third-order valence-corrected chi connectivity index (χ3v) is 5.02. The highest BCUT2D eigenvalue weighted by Gasteiger charge is 2.32. The number of piperidine rings is 1. The van der Waals surface area contributed by atoms with E-state index in [9.17, 15) is 4.79 Å². The zero-order valence-electron chi connectivity index (χ0n) is 13.8. The van der Waals surface area contributed by atoms with Gasteiger partial charge in [-0.1, -0.05) is 11.6 Å². The van der Waals surface area contributed by atoms with Gasteiger partial charge >= 0.3 is 0 Å². The number of nitrogens with one attached hydrogen (secondary N) is 2. The van der Waals surface area contributed by atoms with Gasteiger partial charge in [-0.15, -0.1) is 0 Å². The molecule has 0 atom stereocenters. The first-order valence-corrected chi connectivity index (χ1v) is 8.65. The maximum absolute atomic E-state index is 12.0. The van der Waals surface area contributed by atoms with Crippen molar-refractivity contribution in [2.75, 3.05) is 45.6 Å². The van der Waals surface area contributed by atoms with Crippen molar-refractivity contribution >= 4 is 23.2 Å². The van der Waals surface area contributed by atoms with Crippen LogP contribution in [0.25, 0.3) is 0 Å². The van der Waals surface area contributed by atoms with Gasteiger partial charge in [0.1, 0.15) is 0 Å². The van der Waals surface area contributed by atoms with Crippen LogP contribution in [0.1, 0.15) is 23.2 Å². The molecule has 5 nitrogen and oxygen atoms in total. The Hall–Kier alpha value is -1.30. The van der Waals surface area contributed by atoms with Crippen molar-refractivity contribution in [2.24, 2.45) is 0 Å². The molecule has 2 fully saturated rings. The van der Waals surface area contributed by atoms with Gasteiger partial charge in [-0.2, -0.15) is 0 Å². The van der Waals surface area contributed by atoms with Crippen LogP contribution in [-0.2, 0) is 0 Å². The molecule has 0 radical (unpaired) electrons. The number of anilines is 1. The van der Waals surface area contributed by atoms with E-state index in [0.717, 1.165) is 37.9 Å². The summed E-state index contributed by atoms with van der Waals surface area (Å²) < 4.78 is 0. The van der Waals surface area contributed by atoms with Crippen molar-refractivity contribution in [2.45, 2.75) is 24.9 Å². The summed E-state index contributed by atoms with van der Waals surface area (Å²) in [6.45, 7) is 4.44. The van der Waals surface area contributed by atoms with Gasteiger partial charge < -0.3 is 15.5 Å². The van der Waals surface area contributed by atoms with Crippen molar-refractivity contribution in [3.05, 3.63) is 28.8 Å². The van der Waals surface area contributed by atoms with Crippen molar-refractivity contribution in [3.8, 4) is 0 Å². The van der Waals surface area contributed by atoms with E-state index >= 15 is 0 Å². The van der Waals surface area contributed by atoms with E-state index < -0.39 is 0 Å². The summed E-state index contributed by atoms with van der Waals surface area (Å²) in [6.07, 6.45) is 2.50. The van der Waals surface area contributed by atoms with E-state index in [2.05, 4.69) is 15.5 Å². The van der Waals surface area contributed by atoms with E-state index in [1.54, 1.807) is 20.2 Å². The number of nitrogens with zero attached hydrogens (tertiary/aromatic N) is 2. The van der Waals surface area contributed by atoms with E-state index in [-0.39, 0.29) is 5.91 Å². The first-order valence-electron chi connectivity index (χ1n) is 8.27. The van der Waals surface area contributed by atoms with Crippen LogP contribution in [0.3, 0.4) is 0 Å². The van der Waals surface area contributed by atoms with Gasteiger partial charge in [-0.3, -0.25) is 9.69 Å². The largest absolute Gasteiger partial charge is 0.380 e. The van der Waals surface area contributed by atoms with E-state index in [1.165, 1.54) is 17.7 Å². The van der Waals surface area contributed by atoms with Gasteiger partial charge in [0.25, 0.3) is 5.91 Å². The number of amides is 1. The number of hydrogen-bond donors (Lipinski definition) is 2. The van der Waals surface area contributed by atoms with Gasteiger partial charge in [0, 0.05) is 38.9 Å². The molecule has 0 aromatic heterocycles. The van der Waals surface area contributed by atoms with Crippen LogP contribution in [0, 0.1) is 0 Å². The Bertz CT molecular complexity index is 566. The minimum atomic E-state index is -0.0673. The SMILES string of the molecule is CN(C)C(=O)c1ccc(NC2CN(C3CCNCC3)C2)cc1Cl. The molecular formula is C17H25ClN4O. The summed E-state index contributed by atoms with van der Waals surface area (Å²) in [5.41, 5.74) is 1.53. The highest BCUT2D eigenvalue weighted by molar-refractivity contribution is 6.34. The van der Waals surface area contributed by atoms with Gasteiger partial charge in [0.15, 0.2) is 0 Å². The second kappa shape index (κ2) is 7.07. The zero-order valence-corrected chi connectivity index (χ0v) is 14.6. The van der Waals surface area contributed by atoms with Crippen LogP contribution in [0.2, 0.25) is 5.02 Å². The number of carbonyl (C=O) groups is 1. The Balaban J connectivity index is 1.53. The first kappa shape index (κ1) is 16.6. The van der Waals surface area contributed by atoms with Crippen LogP contribution in [0.5, 0.6) is 0 Å². The van der Waals surface area contributed by atoms with Gasteiger partial charge in [-0.25, -0.2) is 0 Å². The molecule has 23 heavy (non-hydrogen) atoms. The number of likely N-dealkylation sites (tertiary alicyclic amines) is 1. The molecule has 2 saturated heterocycles. The molecule has 1 aromatic carbocycles. The minimum Gasteiger partial charge on any atom is -0.380 e. The minimum absolute atomic E-state index is 0.0673. The fourth-order valence-corrected chi connectivity index (χ4v) is 3.59. The van der Waals surface area contributed by atoms with Crippen molar-refractivity contribution < 1.29 is 4.79 Å². The number of halogens is 1. The number of rotatable bonds is 4. The summed E-state index contributed by atoms with van der Waals surface area (Å²) in [7, 11) is 3.46. The maximum atomic E-state index is 12.0. The summed E-state index contributed by atoms with van der Waals surface area (Å²) in [4.78, 5) is 16.1. The van der Waals surface area contributed by atoms with Crippen molar-refractivity contribution in [3.63, 3.8) is 0 Å². The Morgan fingerprint density at radius 3 is 2.61 bits per heavy atom. The molecule has 0 aliphatic carbocycles. The third kappa shape index (κ3) is 3.79. The molecule has 6 heteroatoms. The molecule has 0 unspecified atom stereocenters. The van der Waals surface area contributed by atoms with Crippen LogP contribution >= 0.6 is 11.6 Å². The molecular weight excluding hydrogens is 312 g/mol. The highest BCUT2D eigenvalue weighted by atomic mass is 35.5. The fraction of sp³-hybridized carbons (Fsp3) is 0.588. The van der Waals surface area contributed by atoms with Crippen LogP contribution in [0.4, 0.5) is 5.69 Å². The second-order valence-corrected chi connectivity index (χ2v) is 7.08. The molecule has 2 aliphatic heterocycles. The summed E-state index contributed by atoms with van der Waals surface area (Å²) >= 11 is 6.26. The average Bonchev–Trinajstić information content (AvgIpc) is 2.50. The lowest BCUT2D eigenvalue weighted by atomic mass is 9.98. The second-order valence-electron chi connectivity index (χ2n) is 6.67. The number of benzene rings is 1. The lowest BCUT2D eigenvalue weighted by molar-refractivity contribution is 0.0826. The van der Waals surface area contributed by atoms with Crippen molar-refractivity contribution in [1.82, 2.24) is 15.1 Å². The predicted octanol–water partition coefficient (Wildman–Crippen LogP) is 1.89. The van der Waals surface area contributed by atoms with E-state index in [1.807, 2.05) is 12.1 Å². The lowest BCUT2D eigenvalue weighted by Gasteiger charge is -2.46. The maximum Gasteiger partial charge on any atom is 0.254 e. The zero-order chi connectivity index (χ0) is 16.4. The molecule has 2 aliphatic rings.